The maximum Gasteiger partial charge on any atom is 0.306 e. The van der Waals surface area contributed by atoms with Crippen molar-refractivity contribution in [1.29, 1.82) is 0 Å². The summed E-state index contributed by atoms with van der Waals surface area (Å²) in [6, 6.07) is 0. The quantitative estimate of drug-likeness (QED) is 0.651. The summed E-state index contributed by atoms with van der Waals surface area (Å²) in [5.74, 6) is -3.60. The van der Waals surface area contributed by atoms with Crippen molar-refractivity contribution in [3.63, 3.8) is 0 Å². The Morgan fingerprint density at radius 1 is 1.60 bits per heavy atom. The number of carboxylic acids is 1. The molecule has 0 radical (unpaired) electrons. The molecule has 2 heteroatoms. The van der Waals surface area contributed by atoms with Crippen molar-refractivity contribution in [2.45, 2.75) is 39.4 Å². The van der Waals surface area contributed by atoms with E-state index in [9.17, 15) is 4.79 Å². The molecule has 0 aliphatic carbocycles. The summed E-state index contributed by atoms with van der Waals surface area (Å²) < 4.78 is 36.6. The SMILES string of the molecule is [2H]C([2H])(C)CC([2H])(CC([2H])([2H])C)C(=O)O. The van der Waals surface area contributed by atoms with Crippen LogP contribution in [-0.2, 0) is 4.79 Å². The van der Waals surface area contributed by atoms with Crippen molar-refractivity contribution in [2.75, 3.05) is 0 Å². The van der Waals surface area contributed by atoms with Gasteiger partial charge in [0.1, 0.15) is 0 Å². The van der Waals surface area contributed by atoms with Crippen LogP contribution in [0.2, 0.25) is 0 Å². The minimum absolute atomic E-state index is 0.525. The van der Waals surface area contributed by atoms with Gasteiger partial charge in [0.15, 0.2) is 0 Å². The molecule has 0 aliphatic heterocycles. The van der Waals surface area contributed by atoms with Crippen molar-refractivity contribution in [2.24, 2.45) is 5.89 Å². The van der Waals surface area contributed by atoms with Crippen LogP contribution in [0.4, 0.5) is 0 Å². The van der Waals surface area contributed by atoms with Gasteiger partial charge in [-0.2, -0.15) is 0 Å². The van der Waals surface area contributed by atoms with E-state index in [1.165, 1.54) is 13.8 Å². The van der Waals surface area contributed by atoms with Crippen LogP contribution in [0, 0.1) is 5.89 Å². The Bertz CT molecular complexity index is 224. The first-order valence-corrected chi connectivity index (χ1v) is 3.09. The highest BCUT2D eigenvalue weighted by Gasteiger charge is 2.13. The molecule has 0 unspecified atom stereocenters. The van der Waals surface area contributed by atoms with Gasteiger partial charge < -0.3 is 5.11 Å². The first-order chi connectivity index (χ1) is 6.36. The van der Waals surface area contributed by atoms with Gasteiger partial charge >= 0.3 is 5.97 Å². The van der Waals surface area contributed by atoms with E-state index >= 15 is 0 Å². The van der Waals surface area contributed by atoms with Crippen molar-refractivity contribution in [1.82, 2.24) is 0 Å². The summed E-state index contributed by atoms with van der Waals surface area (Å²) in [5.41, 5.74) is 0. The second kappa shape index (κ2) is 5.27. The molecule has 0 heterocycles. The van der Waals surface area contributed by atoms with Gasteiger partial charge in [-0.15, -0.1) is 0 Å². The first kappa shape index (κ1) is 3.74. The lowest BCUT2D eigenvalue weighted by Crippen LogP contribution is -2.12. The summed E-state index contributed by atoms with van der Waals surface area (Å²) in [6.07, 6.45) is -4.65. The van der Waals surface area contributed by atoms with Gasteiger partial charge in [-0.05, 0) is 12.8 Å². The normalized spacial score (nSPS) is 21.6. The van der Waals surface area contributed by atoms with Crippen molar-refractivity contribution < 1.29 is 16.8 Å². The molecule has 0 aromatic rings. The third kappa shape index (κ3) is 3.49. The standard InChI is InChI=1S/C8H16O2/c1-3-5-7(6-4-2)8(9)10/h7H,3-6H2,1-2H3,(H,9,10)/i3D2,4D2,7D. The average Bonchev–Trinajstić information content (AvgIpc) is 1.75. The Kier molecular flexibility index (Phi) is 1.97. The van der Waals surface area contributed by atoms with Gasteiger partial charge in [-0.3, -0.25) is 4.79 Å². The van der Waals surface area contributed by atoms with Gasteiger partial charge in [-0.25, -0.2) is 0 Å². The highest BCUT2D eigenvalue weighted by molar-refractivity contribution is 5.69. The van der Waals surface area contributed by atoms with Crippen LogP contribution in [-0.4, -0.2) is 11.1 Å². The van der Waals surface area contributed by atoms with Gasteiger partial charge in [0.05, 0.1) is 5.89 Å². The maximum atomic E-state index is 10.9. The molecule has 60 valence electrons. The molecular weight excluding hydrogens is 128 g/mol. The molecule has 0 aromatic heterocycles. The first-order valence-electron chi connectivity index (χ1n) is 5.59. The zero-order valence-corrected chi connectivity index (χ0v) is 6.27. The molecule has 0 aromatic carbocycles. The maximum absolute atomic E-state index is 10.9. The Morgan fingerprint density at radius 3 is 2.20 bits per heavy atom. The second-order valence-corrected chi connectivity index (χ2v) is 1.97. The van der Waals surface area contributed by atoms with Crippen LogP contribution in [0.1, 0.15) is 46.3 Å². The van der Waals surface area contributed by atoms with E-state index in [2.05, 4.69) is 0 Å². The molecule has 0 atom stereocenters. The van der Waals surface area contributed by atoms with Crippen LogP contribution in [0.25, 0.3) is 0 Å². The number of rotatable bonds is 5. The summed E-state index contributed by atoms with van der Waals surface area (Å²) in [5, 5.41) is 8.84. The fourth-order valence-corrected chi connectivity index (χ4v) is 0.641. The molecule has 0 fully saturated rings. The zero-order chi connectivity index (χ0) is 12.5. The fourth-order valence-electron chi connectivity index (χ4n) is 0.641. The van der Waals surface area contributed by atoms with Gasteiger partial charge in [0.25, 0.3) is 0 Å². The average molecular weight is 149 g/mol. The van der Waals surface area contributed by atoms with Gasteiger partial charge in [0, 0.05) is 6.85 Å². The lowest BCUT2D eigenvalue weighted by molar-refractivity contribution is -0.142. The van der Waals surface area contributed by atoms with E-state index in [4.69, 9.17) is 12.0 Å². The largest absolute Gasteiger partial charge is 0.481 e. The van der Waals surface area contributed by atoms with Crippen LogP contribution in [0.15, 0.2) is 0 Å². The van der Waals surface area contributed by atoms with Crippen molar-refractivity contribution in [3.05, 3.63) is 0 Å². The molecule has 0 bridgehead atoms. The highest BCUT2D eigenvalue weighted by Crippen LogP contribution is 2.12. The Morgan fingerprint density at radius 2 is 2.00 bits per heavy atom. The fraction of sp³-hybridized carbons (Fsp3) is 0.875. The van der Waals surface area contributed by atoms with Crippen molar-refractivity contribution >= 4 is 5.97 Å². The minimum Gasteiger partial charge on any atom is -0.481 e. The number of carbonyl (C=O) groups is 1. The molecule has 0 rings (SSSR count). The predicted molar refractivity (Wildman–Crippen MR) is 40.9 cm³/mol. The smallest absolute Gasteiger partial charge is 0.306 e. The van der Waals surface area contributed by atoms with Crippen LogP contribution >= 0.6 is 0 Å². The van der Waals surface area contributed by atoms with Gasteiger partial charge in [-0.1, -0.05) is 26.6 Å². The monoisotopic (exact) mass is 149 g/mol. The van der Waals surface area contributed by atoms with Crippen molar-refractivity contribution in [3.8, 4) is 0 Å². The Balaban J connectivity index is 4.85. The van der Waals surface area contributed by atoms with E-state index < -0.39 is 37.5 Å². The number of hydrogen-bond donors (Lipinski definition) is 1. The summed E-state index contributed by atoms with van der Waals surface area (Å²) >= 11 is 0. The number of aliphatic carboxylic acids is 1. The van der Waals surface area contributed by atoms with E-state index in [1.807, 2.05) is 0 Å². The molecule has 1 N–H and O–H groups in total. The lowest BCUT2D eigenvalue weighted by atomic mass is 9.99. The highest BCUT2D eigenvalue weighted by atomic mass is 16.4. The Hall–Kier alpha value is -0.530. The number of hydrogen-bond acceptors (Lipinski definition) is 1. The third-order valence-corrected chi connectivity index (χ3v) is 1.08. The van der Waals surface area contributed by atoms with E-state index in [-0.39, 0.29) is 0 Å². The summed E-state index contributed by atoms with van der Waals surface area (Å²) in [4.78, 5) is 10.9. The topological polar surface area (TPSA) is 37.3 Å². The van der Waals surface area contributed by atoms with Crippen LogP contribution < -0.4 is 0 Å². The minimum atomic E-state index is -2.11. The molecule has 0 spiro atoms. The van der Waals surface area contributed by atoms with Crippen LogP contribution in [0.3, 0.4) is 0 Å². The second-order valence-electron chi connectivity index (χ2n) is 1.97. The molecule has 2 nitrogen and oxygen atoms in total. The zero-order valence-electron chi connectivity index (χ0n) is 11.3. The third-order valence-electron chi connectivity index (χ3n) is 1.08. The van der Waals surface area contributed by atoms with E-state index in [0.29, 0.717) is 0 Å². The van der Waals surface area contributed by atoms with E-state index in [0.717, 1.165) is 0 Å². The molecule has 0 saturated carbocycles. The van der Waals surface area contributed by atoms with Crippen LogP contribution in [0.5, 0.6) is 0 Å². The van der Waals surface area contributed by atoms with Gasteiger partial charge in [0.2, 0.25) is 0 Å². The Labute approximate surface area is 69.3 Å². The summed E-state index contributed by atoms with van der Waals surface area (Å²) in [7, 11) is 0. The number of carboxylic acid groups (broad SMARTS) is 1. The molecule has 0 amide bonds. The molecule has 0 saturated heterocycles. The predicted octanol–water partition coefficient (Wildman–Crippen LogP) is 2.29. The molecule has 0 aliphatic rings. The summed E-state index contributed by atoms with van der Waals surface area (Å²) in [6.45, 7) is 2.37. The lowest BCUT2D eigenvalue weighted by Gasteiger charge is -2.07. The molecule has 10 heavy (non-hydrogen) atoms. The van der Waals surface area contributed by atoms with E-state index in [1.54, 1.807) is 0 Å². The molecular formula is C8H16O2.